The lowest BCUT2D eigenvalue weighted by Gasteiger charge is -2.02. The minimum Gasteiger partial charge on any atom is -0.394 e. The summed E-state index contributed by atoms with van der Waals surface area (Å²) in [6.07, 6.45) is 1.69. The van der Waals surface area contributed by atoms with Crippen LogP contribution >= 0.6 is 15.9 Å². The Hall–Kier alpha value is -1.29. The second-order valence-electron chi connectivity index (χ2n) is 2.71. The van der Waals surface area contributed by atoms with Crippen LogP contribution in [-0.4, -0.2) is 4.40 Å². The first-order valence-electron chi connectivity index (χ1n) is 3.75. The minimum atomic E-state index is -0.182. The highest BCUT2D eigenvalue weighted by molar-refractivity contribution is 9.10. The molecule has 3 nitrogen and oxygen atoms in total. The van der Waals surface area contributed by atoms with Gasteiger partial charge in [-0.1, -0.05) is 0 Å². The van der Waals surface area contributed by atoms with E-state index in [-0.39, 0.29) is 11.2 Å². The van der Waals surface area contributed by atoms with E-state index in [0.717, 1.165) is 9.99 Å². The maximum absolute atomic E-state index is 11.5. The van der Waals surface area contributed by atoms with E-state index in [4.69, 9.17) is 5.73 Å². The summed E-state index contributed by atoms with van der Waals surface area (Å²) in [5, 5.41) is 0. The van der Waals surface area contributed by atoms with Gasteiger partial charge in [0.1, 0.15) is 0 Å². The molecule has 0 fully saturated rings. The van der Waals surface area contributed by atoms with Crippen LogP contribution in [0.2, 0.25) is 0 Å². The molecule has 0 amide bonds. The summed E-state index contributed by atoms with van der Waals surface area (Å²) >= 11 is 3.36. The number of rotatable bonds is 0. The Morgan fingerprint density at radius 2 is 2.08 bits per heavy atom. The smallest absolute Gasteiger partial charge is 0.278 e. The monoisotopic (exact) mass is 238 g/mol. The summed E-state index contributed by atoms with van der Waals surface area (Å²) < 4.78 is 2.39. The van der Waals surface area contributed by atoms with Crippen LogP contribution in [0.15, 0.2) is 39.7 Å². The topological polar surface area (TPSA) is 47.5 Å². The van der Waals surface area contributed by atoms with E-state index in [2.05, 4.69) is 15.9 Å². The molecule has 2 aromatic heterocycles. The van der Waals surface area contributed by atoms with Crippen LogP contribution in [0.1, 0.15) is 0 Å². The van der Waals surface area contributed by atoms with E-state index in [1.165, 1.54) is 4.40 Å². The molecule has 0 saturated heterocycles. The molecule has 2 aromatic rings. The SMILES string of the molecule is Nc1ccc2c(Br)cccn2c1=O. The van der Waals surface area contributed by atoms with Gasteiger partial charge in [-0.2, -0.15) is 0 Å². The van der Waals surface area contributed by atoms with E-state index < -0.39 is 0 Å². The van der Waals surface area contributed by atoms with Gasteiger partial charge in [-0.05, 0) is 40.2 Å². The number of nitrogens with two attached hydrogens (primary N) is 1. The van der Waals surface area contributed by atoms with Crippen molar-refractivity contribution < 1.29 is 0 Å². The number of hydrogen-bond donors (Lipinski definition) is 1. The molecule has 0 unspecified atom stereocenters. The number of hydrogen-bond acceptors (Lipinski definition) is 2. The maximum Gasteiger partial charge on any atom is 0.278 e. The van der Waals surface area contributed by atoms with Gasteiger partial charge >= 0.3 is 0 Å². The van der Waals surface area contributed by atoms with Crippen molar-refractivity contribution in [1.82, 2.24) is 4.40 Å². The fourth-order valence-electron chi connectivity index (χ4n) is 1.21. The third-order valence-corrected chi connectivity index (χ3v) is 2.54. The lowest BCUT2D eigenvalue weighted by Crippen LogP contribution is -2.16. The van der Waals surface area contributed by atoms with E-state index in [1.807, 2.05) is 6.07 Å². The second-order valence-corrected chi connectivity index (χ2v) is 3.56. The van der Waals surface area contributed by atoms with E-state index in [0.29, 0.717) is 0 Å². The molecule has 2 N–H and O–H groups in total. The van der Waals surface area contributed by atoms with Gasteiger partial charge in [-0.25, -0.2) is 0 Å². The highest BCUT2D eigenvalue weighted by atomic mass is 79.9. The van der Waals surface area contributed by atoms with Gasteiger partial charge in [-0.3, -0.25) is 9.20 Å². The van der Waals surface area contributed by atoms with Gasteiger partial charge in [-0.15, -0.1) is 0 Å². The first-order chi connectivity index (χ1) is 6.20. The van der Waals surface area contributed by atoms with Crippen molar-refractivity contribution >= 4 is 27.1 Å². The molecule has 0 aliphatic rings. The second kappa shape index (κ2) is 2.88. The fourth-order valence-corrected chi connectivity index (χ4v) is 1.69. The number of anilines is 1. The predicted molar refractivity (Wildman–Crippen MR) is 55.8 cm³/mol. The predicted octanol–water partition coefficient (Wildman–Crippen LogP) is 1.64. The Morgan fingerprint density at radius 1 is 1.31 bits per heavy atom. The zero-order valence-electron chi connectivity index (χ0n) is 6.70. The van der Waals surface area contributed by atoms with Crippen LogP contribution < -0.4 is 11.3 Å². The quantitative estimate of drug-likeness (QED) is 0.759. The third-order valence-electron chi connectivity index (χ3n) is 1.87. The fraction of sp³-hybridized carbons (Fsp3) is 0. The molecule has 0 saturated carbocycles. The Balaban J connectivity index is 3.03. The molecule has 0 spiro atoms. The Bertz CT molecular complexity index is 518. The number of nitrogens with zero attached hydrogens (tertiary/aromatic N) is 1. The standard InChI is InChI=1S/C9H7BrN2O/c10-6-2-1-5-12-8(6)4-3-7(11)9(12)13/h1-5H,11H2. The molecule has 2 heterocycles. The minimum absolute atomic E-state index is 0.182. The highest BCUT2D eigenvalue weighted by Crippen LogP contribution is 2.16. The van der Waals surface area contributed by atoms with Gasteiger partial charge in [0, 0.05) is 10.7 Å². The average Bonchev–Trinajstić information content (AvgIpc) is 2.12. The lowest BCUT2D eigenvalue weighted by atomic mass is 10.3. The molecule has 0 bridgehead atoms. The van der Waals surface area contributed by atoms with Crippen LogP contribution in [0.5, 0.6) is 0 Å². The summed E-state index contributed by atoms with van der Waals surface area (Å²) in [5.74, 6) is 0. The van der Waals surface area contributed by atoms with E-state index in [9.17, 15) is 4.79 Å². The number of halogens is 1. The van der Waals surface area contributed by atoms with Crippen LogP contribution in [0.3, 0.4) is 0 Å². The zero-order chi connectivity index (χ0) is 9.42. The Labute approximate surface area is 82.9 Å². The molecule has 0 atom stereocenters. The summed E-state index contributed by atoms with van der Waals surface area (Å²) in [6, 6.07) is 7.09. The highest BCUT2D eigenvalue weighted by Gasteiger charge is 2.01. The molecule has 0 aliphatic heterocycles. The molecular formula is C9H7BrN2O. The summed E-state index contributed by atoms with van der Waals surface area (Å²) in [4.78, 5) is 11.5. The van der Waals surface area contributed by atoms with Gasteiger partial charge in [0.05, 0.1) is 11.2 Å². The van der Waals surface area contributed by atoms with Gasteiger partial charge in [0.15, 0.2) is 0 Å². The lowest BCUT2D eigenvalue weighted by molar-refractivity contribution is 1.10. The van der Waals surface area contributed by atoms with Crippen LogP contribution in [0.25, 0.3) is 5.52 Å². The summed E-state index contributed by atoms with van der Waals surface area (Å²) in [7, 11) is 0. The van der Waals surface area contributed by atoms with Gasteiger partial charge < -0.3 is 5.73 Å². The van der Waals surface area contributed by atoms with Crippen LogP contribution in [0.4, 0.5) is 5.69 Å². The average molecular weight is 239 g/mol. The van der Waals surface area contributed by atoms with E-state index in [1.54, 1.807) is 24.4 Å². The number of pyridine rings is 2. The number of nitrogen functional groups attached to an aromatic ring is 1. The molecule has 4 heteroatoms. The van der Waals surface area contributed by atoms with Crippen molar-refractivity contribution in [3.63, 3.8) is 0 Å². The van der Waals surface area contributed by atoms with Crippen LogP contribution in [-0.2, 0) is 0 Å². The Kier molecular flexibility index (Phi) is 1.84. The molecule has 13 heavy (non-hydrogen) atoms. The molecular weight excluding hydrogens is 232 g/mol. The normalized spacial score (nSPS) is 10.5. The first-order valence-corrected chi connectivity index (χ1v) is 4.55. The van der Waals surface area contributed by atoms with Gasteiger partial charge in [0.2, 0.25) is 0 Å². The molecule has 0 aromatic carbocycles. The van der Waals surface area contributed by atoms with Crippen molar-refractivity contribution in [3.8, 4) is 0 Å². The molecule has 66 valence electrons. The van der Waals surface area contributed by atoms with Crippen LogP contribution in [0, 0.1) is 0 Å². The van der Waals surface area contributed by atoms with E-state index >= 15 is 0 Å². The molecule has 0 radical (unpaired) electrons. The number of fused-ring (bicyclic) bond motifs is 1. The van der Waals surface area contributed by atoms with Crippen molar-refractivity contribution in [3.05, 3.63) is 45.3 Å². The van der Waals surface area contributed by atoms with Crippen molar-refractivity contribution in [2.75, 3.05) is 5.73 Å². The van der Waals surface area contributed by atoms with Crippen molar-refractivity contribution in [2.45, 2.75) is 0 Å². The molecule has 2 rings (SSSR count). The van der Waals surface area contributed by atoms with Crippen molar-refractivity contribution in [2.24, 2.45) is 0 Å². The number of aromatic nitrogens is 1. The summed E-state index contributed by atoms with van der Waals surface area (Å²) in [5.41, 5.74) is 6.39. The Morgan fingerprint density at radius 3 is 2.85 bits per heavy atom. The first kappa shape index (κ1) is 8.31. The maximum atomic E-state index is 11.5. The largest absolute Gasteiger partial charge is 0.394 e. The summed E-state index contributed by atoms with van der Waals surface area (Å²) in [6.45, 7) is 0. The third kappa shape index (κ3) is 1.23. The van der Waals surface area contributed by atoms with Crippen molar-refractivity contribution in [1.29, 1.82) is 0 Å². The van der Waals surface area contributed by atoms with Gasteiger partial charge in [0.25, 0.3) is 5.56 Å². The molecule has 0 aliphatic carbocycles. The zero-order valence-corrected chi connectivity index (χ0v) is 8.28.